The van der Waals surface area contributed by atoms with Gasteiger partial charge in [-0.1, -0.05) is 0 Å². The van der Waals surface area contributed by atoms with E-state index in [0.29, 0.717) is 4.70 Å². The molecule has 1 aromatic carbocycles. The van der Waals surface area contributed by atoms with E-state index in [1.807, 2.05) is 0 Å². The van der Waals surface area contributed by atoms with Gasteiger partial charge < -0.3 is 0 Å². The molecule has 1 heterocycles. The van der Waals surface area contributed by atoms with E-state index in [2.05, 4.69) is 4.37 Å². The Balaban J connectivity index is 2.64. The van der Waals surface area contributed by atoms with Gasteiger partial charge in [0.1, 0.15) is 0 Å². The second-order valence-corrected chi connectivity index (χ2v) is 4.41. The molecule has 19 heavy (non-hydrogen) atoms. The Kier molecular flexibility index (Phi) is 3.11. The first kappa shape index (κ1) is 13.2. The first-order valence-electron chi connectivity index (χ1n) is 4.84. The number of aromatic nitrogens is 1. The zero-order valence-electron chi connectivity index (χ0n) is 9.01. The number of nitriles is 1. The van der Waals surface area contributed by atoms with Crippen LogP contribution in [0.2, 0.25) is 0 Å². The van der Waals surface area contributed by atoms with Crippen molar-refractivity contribution in [3.8, 4) is 6.07 Å². The fourth-order valence-electron chi connectivity index (χ4n) is 1.56. The van der Waals surface area contributed by atoms with Gasteiger partial charge in [0.2, 0.25) is 0 Å². The molecule has 0 spiro atoms. The molecule has 0 aliphatic heterocycles. The van der Waals surface area contributed by atoms with Gasteiger partial charge in [0, 0.05) is 17.5 Å². The van der Waals surface area contributed by atoms with E-state index in [1.165, 1.54) is 12.1 Å². The maximum absolute atomic E-state index is 12.7. The summed E-state index contributed by atoms with van der Waals surface area (Å²) in [4.78, 5) is 9.90. The van der Waals surface area contributed by atoms with E-state index >= 15 is 0 Å². The van der Waals surface area contributed by atoms with Gasteiger partial charge in [-0.05, 0) is 17.6 Å². The number of hydrogen-bond acceptors (Lipinski definition) is 5. The normalized spacial score (nSPS) is 13.2. The van der Waals surface area contributed by atoms with Gasteiger partial charge in [-0.25, -0.2) is 0 Å². The van der Waals surface area contributed by atoms with Gasteiger partial charge in [-0.3, -0.25) is 10.1 Å². The molecule has 1 atom stereocenters. The van der Waals surface area contributed by atoms with Crippen LogP contribution in [0, 0.1) is 21.4 Å². The van der Waals surface area contributed by atoms with Crippen LogP contribution in [0.1, 0.15) is 11.6 Å². The molecule has 0 aliphatic rings. The zero-order valence-corrected chi connectivity index (χ0v) is 9.83. The molecule has 0 saturated heterocycles. The Hall–Kier alpha value is -2.21. The van der Waals surface area contributed by atoms with Crippen LogP contribution in [-0.4, -0.2) is 15.5 Å². The lowest BCUT2D eigenvalue weighted by atomic mass is 10.0. The number of rotatable bonds is 2. The molecule has 0 radical (unpaired) electrons. The summed E-state index contributed by atoms with van der Waals surface area (Å²) in [6, 6.07) is 4.64. The second-order valence-electron chi connectivity index (χ2n) is 3.61. The molecule has 0 aliphatic carbocycles. The minimum absolute atomic E-state index is 0.0110. The number of benzene rings is 1. The summed E-state index contributed by atoms with van der Waals surface area (Å²) in [7, 11) is 0. The highest BCUT2D eigenvalue weighted by Gasteiger charge is 2.43. The van der Waals surface area contributed by atoms with Crippen molar-refractivity contribution in [3.05, 3.63) is 34.0 Å². The predicted octanol–water partition coefficient (Wildman–Crippen LogP) is 3.37. The Labute approximate surface area is 108 Å². The molecule has 0 N–H and O–H groups in total. The molecule has 0 fully saturated rings. The molecule has 9 heteroatoms. The van der Waals surface area contributed by atoms with Gasteiger partial charge in [0.15, 0.2) is 5.92 Å². The molecular formula is C10H4F3N3O2S. The molecule has 1 unspecified atom stereocenters. The molecular weight excluding hydrogens is 283 g/mol. The Morgan fingerprint density at radius 3 is 2.68 bits per heavy atom. The summed E-state index contributed by atoms with van der Waals surface area (Å²) < 4.78 is 42.0. The van der Waals surface area contributed by atoms with Crippen molar-refractivity contribution >= 4 is 27.3 Å². The van der Waals surface area contributed by atoms with E-state index in [4.69, 9.17) is 5.26 Å². The maximum atomic E-state index is 12.7. The average molecular weight is 287 g/mol. The SMILES string of the molecule is N#CC(c1nsc2ccc([N+](=O)[O-])cc12)C(F)(F)F. The number of fused-ring (bicyclic) bond motifs is 1. The largest absolute Gasteiger partial charge is 0.410 e. The van der Waals surface area contributed by atoms with Crippen LogP contribution in [-0.2, 0) is 0 Å². The van der Waals surface area contributed by atoms with E-state index in [0.717, 1.165) is 23.7 Å². The minimum Gasteiger partial charge on any atom is -0.258 e. The standard InChI is InChI=1S/C10H4F3N3O2S/c11-10(12,13)7(4-14)9-6-3-5(16(17)18)1-2-8(6)19-15-9/h1-3,7H. The summed E-state index contributed by atoms with van der Waals surface area (Å²) >= 11 is 0.770. The molecule has 98 valence electrons. The first-order valence-corrected chi connectivity index (χ1v) is 5.62. The Bertz CT molecular complexity index is 689. The van der Waals surface area contributed by atoms with Crippen LogP contribution in [0.3, 0.4) is 0 Å². The summed E-state index contributed by atoms with van der Waals surface area (Å²) in [5.41, 5.74) is -0.827. The van der Waals surface area contributed by atoms with E-state index in [1.54, 1.807) is 0 Å². The lowest BCUT2D eigenvalue weighted by Gasteiger charge is -2.10. The van der Waals surface area contributed by atoms with Gasteiger partial charge in [0.05, 0.1) is 21.4 Å². The molecule has 0 saturated carbocycles. The van der Waals surface area contributed by atoms with Gasteiger partial charge in [0.25, 0.3) is 5.69 Å². The monoisotopic (exact) mass is 287 g/mol. The highest BCUT2D eigenvalue weighted by Crippen LogP contribution is 2.39. The van der Waals surface area contributed by atoms with Crippen LogP contribution in [0.5, 0.6) is 0 Å². The number of nitro benzene ring substituents is 1. The van der Waals surface area contributed by atoms with E-state index < -0.39 is 22.7 Å². The number of halogens is 3. The van der Waals surface area contributed by atoms with Crippen molar-refractivity contribution < 1.29 is 18.1 Å². The minimum atomic E-state index is -4.76. The number of non-ortho nitro benzene ring substituents is 1. The molecule has 2 rings (SSSR count). The van der Waals surface area contributed by atoms with Gasteiger partial charge >= 0.3 is 6.18 Å². The van der Waals surface area contributed by atoms with Crippen molar-refractivity contribution in [1.82, 2.24) is 4.37 Å². The van der Waals surface area contributed by atoms with Crippen molar-refractivity contribution in [2.75, 3.05) is 0 Å². The highest BCUT2D eigenvalue weighted by atomic mass is 32.1. The van der Waals surface area contributed by atoms with Gasteiger partial charge in [-0.15, -0.1) is 0 Å². The molecule has 0 bridgehead atoms. The summed E-state index contributed by atoms with van der Waals surface area (Å²) in [6.45, 7) is 0. The van der Waals surface area contributed by atoms with Crippen LogP contribution in [0.4, 0.5) is 18.9 Å². The quantitative estimate of drug-likeness (QED) is 0.626. The first-order chi connectivity index (χ1) is 8.84. The molecule has 5 nitrogen and oxygen atoms in total. The number of hydrogen-bond donors (Lipinski definition) is 0. The highest BCUT2D eigenvalue weighted by molar-refractivity contribution is 7.13. The topological polar surface area (TPSA) is 79.8 Å². The van der Waals surface area contributed by atoms with Crippen LogP contribution in [0.25, 0.3) is 10.1 Å². The maximum Gasteiger partial charge on any atom is 0.410 e. The summed E-state index contributed by atoms with van der Waals surface area (Å²) in [5, 5.41) is 19.2. The third-order valence-electron chi connectivity index (χ3n) is 2.42. The van der Waals surface area contributed by atoms with Crippen LogP contribution >= 0.6 is 11.5 Å². The third kappa shape index (κ3) is 2.34. The lowest BCUT2D eigenvalue weighted by molar-refractivity contribution is -0.384. The van der Waals surface area contributed by atoms with E-state index in [-0.39, 0.29) is 11.1 Å². The molecule has 2 aromatic rings. The molecule has 1 aromatic heterocycles. The number of alkyl halides is 3. The second kappa shape index (κ2) is 4.47. The summed E-state index contributed by atoms with van der Waals surface area (Å²) in [5.74, 6) is -2.39. The van der Waals surface area contributed by atoms with E-state index in [9.17, 15) is 23.3 Å². The number of nitro groups is 1. The Morgan fingerprint density at radius 1 is 1.47 bits per heavy atom. The smallest absolute Gasteiger partial charge is 0.258 e. The predicted molar refractivity (Wildman–Crippen MR) is 60.7 cm³/mol. The van der Waals surface area contributed by atoms with Crippen molar-refractivity contribution in [1.29, 1.82) is 5.26 Å². The van der Waals surface area contributed by atoms with Crippen LogP contribution in [0.15, 0.2) is 18.2 Å². The Morgan fingerprint density at radius 2 is 2.16 bits per heavy atom. The summed E-state index contributed by atoms with van der Waals surface area (Å²) in [6.07, 6.45) is -4.76. The van der Waals surface area contributed by atoms with Crippen LogP contribution < -0.4 is 0 Å². The fourth-order valence-corrected chi connectivity index (χ4v) is 2.35. The third-order valence-corrected chi connectivity index (χ3v) is 3.26. The van der Waals surface area contributed by atoms with Crippen molar-refractivity contribution in [2.45, 2.75) is 12.1 Å². The van der Waals surface area contributed by atoms with Crippen molar-refractivity contribution in [2.24, 2.45) is 0 Å². The average Bonchev–Trinajstić information content (AvgIpc) is 2.71. The lowest BCUT2D eigenvalue weighted by Crippen LogP contribution is -2.19. The van der Waals surface area contributed by atoms with Gasteiger partial charge in [-0.2, -0.15) is 22.8 Å². The fraction of sp³-hybridized carbons (Fsp3) is 0.200. The molecule has 0 amide bonds. The van der Waals surface area contributed by atoms with Crippen molar-refractivity contribution in [3.63, 3.8) is 0 Å². The number of nitrogens with zero attached hydrogens (tertiary/aromatic N) is 3. The zero-order chi connectivity index (χ0) is 14.2.